The van der Waals surface area contributed by atoms with Crippen LogP contribution in [0.2, 0.25) is 0 Å². The van der Waals surface area contributed by atoms with E-state index in [1.165, 1.54) is 0 Å². The quantitative estimate of drug-likeness (QED) is 0.748. The van der Waals surface area contributed by atoms with E-state index in [4.69, 9.17) is 9.47 Å². The lowest BCUT2D eigenvalue weighted by Crippen LogP contribution is -2.42. The van der Waals surface area contributed by atoms with Crippen LogP contribution in [-0.4, -0.2) is 54.2 Å². The van der Waals surface area contributed by atoms with E-state index in [0.717, 1.165) is 25.9 Å². The maximum absolute atomic E-state index is 9.99. The van der Waals surface area contributed by atoms with Gasteiger partial charge >= 0.3 is 0 Å². The van der Waals surface area contributed by atoms with E-state index in [1.54, 1.807) is 0 Å². The number of aliphatic hydroxyl groups is 1. The van der Waals surface area contributed by atoms with Crippen molar-refractivity contribution in [2.24, 2.45) is 0 Å². The first-order valence-electron chi connectivity index (χ1n) is 5.78. The lowest BCUT2D eigenvalue weighted by Gasteiger charge is -2.28. The first kappa shape index (κ1) is 11.3. The van der Waals surface area contributed by atoms with Gasteiger partial charge in [-0.05, 0) is 13.3 Å². The molecule has 1 spiro atoms. The molecule has 2 aliphatic heterocycles. The second-order valence-electron chi connectivity index (χ2n) is 4.92. The summed E-state index contributed by atoms with van der Waals surface area (Å²) in [5.74, 6) is -0.357. The van der Waals surface area contributed by atoms with Gasteiger partial charge in [0.1, 0.15) is 0 Å². The summed E-state index contributed by atoms with van der Waals surface area (Å²) in [6.45, 7) is 7.76. The first-order valence-corrected chi connectivity index (χ1v) is 5.78. The van der Waals surface area contributed by atoms with Gasteiger partial charge in [0, 0.05) is 19.5 Å². The van der Waals surface area contributed by atoms with Crippen molar-refractivity contribution >= 4 is 0 Å². The normalized spacial score (nSPS) is 29.8. The van der Waals surface area contributed by atoms with Crippen LogP contribution in [0.15, 0.2) is 0 Å². The molecule has 88 valence electrons. The Bertz CT molecular complexity index is 224. The summed E-state index contributed by atoms with van der Waals surface area (Å²) in [5, 5.41) is 9.99. The van der Waals surface area contributed by atoms with E-state index in [9.17, 15) is 5.11 Å². The highest BCUT2D eigenvalue weighted by Gasteiger charge is 2.44. The van der Waals surface area contributed by atoms with Crippen LogP contribution in [0.1, 0.15) is 26.7 Å². The third-order valence-electron chi connectivity index (χ3n) is 3.41. The number of likely N-dealkylation sites (tertiary alicyclic amines) is 1. The van der Waals surface area contributed by atoms with E-state index in [-0.39, 0.29) is 5.79 Å². The van der Waals surface area contributed by atoms with Crippen molar-refractivity contribution < 1.29 is 14.6 Å². The first-order chi connectivity index (χ1) is 7.05. The minimum atomic E-state index is -0.593. The van der Waals surface area contributed by atoms with Crippen LogP contribution in [0, 0.1) is 0 Å². The summed E-state index contributed by atoms with van der Waals surface area (Å²) in [7, 11) is 0. The number of β-amino-alcohol motifs (C(OH)–C–C–N with tert-alkyl or cyclic N) is 1. The number of ether oxygens (including phenoxy) is 2. The predicted octanol–water partition coefficient (Wildman–Crippen LogP) is 0.596. The molecule has 15 heavy (non-hydrogen) atoms. The van der Waals surface area contributed by atoms with Gasteiger partial charge in [-0.25, -0.2) is 0 Å². The number of rotatable bonds is 3. The molecule has 0 aromatic heterocycles. The fourth-order valence-corrected chi connectivity index (χ4v) is 2.29. The minimum absolute atomic E-state index is 0.357. The third kappa shape index (κ3) is 2.50. The van der Waals surface area contributed by atoms with Crippen LogP contribution in [-0.2, 0) is 9.47 Å². The van der Waals surface area contributed by atoms with Crippen molar-refractivity contribution in [2.75, 3.05) is 32.8 Å². The van der Waals surface area contributed by atoms with E-state index >= 15 is 0 Å². The molecule has 1 atom stereocenters. The second-order valence-corrected chi connectivity index (χ2v) is 4.92. The molecule has 1 unspecified atom stereocenters. The third-order valence-corrected chi connectivity index (χ3v) is 3.41. The summed E-state index contributed by atoms with van der Waals surface area (Å²) in [6, 6.07) is 0. The molecule has 2 rings (SSSR count). The molecule has 4 nitrogen and oxygen atoms in total. The zero-order valence-electron chi connectivity index (χ0n) is 9.66. The Morgan fingerprint density at radius 1 is 1.40 bits per heavy atom. The zero-order chi connectivity index (χ0) is 10.9. The predicted molar refractivity (Wildman–Crippen MR) is 56.6 cm³/mol. The SMILES string of the molecule is CCC(C)(O)CN1CCC2(C1)OCCO2. The fourth-order valence-electron chi connectivity index (χ4n) is 2.29. The van der Waals surface area contributed by atoms with Crippen LogP contribution in [0.5, 0.6) is 0 Å². The van der Waals surface area contributed by atoms with Crippen LogP contribution >= 0.6 is 0 Å². The summed E-state index contributed by atoms with van der Waals surface area (Å²) in [6.07, 6.45) is 1.70. The van der Waals surface area contributed by atoms with Gasteiger partial charge in [0.2, 0.25) is 0 Å². The van der Waals surface area contributed by atoms with Gasteiger partial charge in [-0.1, -0.05) is 6.92 Å². The van der Waals surface area contributed by atoms with Gasteiger partial charge < -0.3 is 14.6 Å². The van der Waals surface area contributed by atoms with Crippen molar-refractivity contribution in [3.8, 4) is 0 Å². The highest BCUT2D eigenvalue weighted by molar-refractivity contribution is 4.89. The number of hydrogen-bond donors (Lipinski definition) is 1. The Labute approximate surface area is 91.2 Å². The highest BCUT2D eigenvalue weighted by atomic mass is 16.7. The van der Waals surface area contributed by atoms with Crippen LogP contribution in [0.4, 0.5) is 0 Å². The molecule has 0 bridgehead atoms. The van der Waals surface area contributed by atoms with Gasteiger partial charge in [0.25, 0.3) is 0 Å². The Kier molecular flexibility index (Phi) is 3.03. The lowest BCUT2D eigenvalue weighted by atomic mass is 10.0. The molecular formula is C11H21NO3. The molecule has 2 aliphatic rings. The van der Waals surface area contributed by atoms with Gasteiger partial charge in [0.05, 0.1) is 25.4 Å². The molecule has 0 aromatic carbocycles. The molecule has 2 heterocycles. The molecule has 2 saturated heterocycles. The van der Waals surface area contributed by atoms with Gasteiger partial charge in [-0.3, -0.25) is 4.90 Å². The van der Waals surface area contributed by atoms with Crippen molar-refractivity contribution in [3.05, 3.63) is 0 Å². The molecule has 0 aromatic rings. The number of hydrogen-bond acceptors (Lipinski definition) is 4. The maximum Gasteiger partial charge on any atom is 0.182 e. The van der Waals surface area contributed by atoms with E-state index in [0.29, 0.717) is 19.8 Å². The smallest absolute Gasteiger partial charge is 0.182 e. The summed E-state index contributed by atoms with van der Waals surface area (Å²) in [4.78, 5) is 2.23. The van der Waals surface area contributed by atoms with Crippen LogP contribution in [0.25, 0.3) is 0 Å². The van der Waals surface area contributed by atoms with Crippen molar-refractivity contribution in [1.29, 1.82) is 0 Å². The molecule has 1 N–H and O–H groups in total. The topological polar surface area (TPSA) is 41.9 Å². The Hall–Kier alpha value is -0.160. The van der Waals surface area contributed by atoms with E-state index < -0.39 is 5.60 Å². The molecule has 2 fully saturated rings. The minimum Gasteiger partial charge on any atom is -0.389 e. The van der Waals surface area contributed by atoms with Crippen molar-refractivity contribution in [3.63, 3.8) is 0 Å². The summed E-state index contributed by atoms with van der Waals surface area (Å²) in [5.41, 5.74) is -0.593. The average Bonchev–Trinajstić information content (AvgIpc) is 2.78. The van der Waals surface area contributed by atoms with Crippen LogP contribution < -0.4 is 0 Å². The number of nitrogens with zero attached hydrogens (tertiary/aromatic N) is 1. The molecule has 0 saturated carbocycles. The zero-order valence-corrected chi connectivity index (χ0v) is 9.66. The lowest BCUT2D eigenvalue weighted by molar-refractivity contribution is -0.146. The second kappa shape index (κ2) is 4.01. The standard InChI is InChI=1S/C11H21NO3/c1-3-10(2,13)8-12-5-4-11(9-12)14-6-7-15-11/h13H,3-9H2,1-2H3. The highest BCUT2D eigenvalue weighted by Crippen LogP contribution is 2.31. The molecule has 0 aliphatic carbocycles. The molecular weight excluding hydrogens is 194 g/mol. The Balaban J connectivity index is 1.87. The van der Waals surface area contributed by atoms with E-state index in [1.807, 2.05) is 13.8 Å². The molecule has 4 heteroatoms. The van der Waals surface area contributed by atoms with Crippen molar-refractivity contribution in [2.45, 2.75) is 38.1 Å². The summed E-state index contributed by atoms with van der Waals surface area (Å²) < 4.78 is 11.3. The maximum atomic E-state index is 9.99. The van der Waals surface area contributed by atoms with Gasteiger partial charge in [-0.2, -0.15) is 0 Å². The van der Waals surface area contributed by atoms with Gasteiger partial charge in [-0.15, -0.1) is 0 Å². The van der Waals surface area contributed by atoms with Crippen molar-refractivity contribution in [1.82, 2.24) is 4.90 Å². The summed E-state index contributed by atoms with van der Waals surface area (Å²) >= 11 is 0. The molecule has 0 radical (unpaired) electrons. The van der Waals surface area contributed by atoms with Gasteiger partial charge in [0.15, 0.2) is 5.79 Å². The Morgan fingerprint density at radius 3 is 2.67 bits per heavy atom. The van der Waals surface area contributed by atoms with Crippen LogP contribution in [0.3, 0.4) is 0 Å². The van der Waals surface area contributed by atoms with E-state index in [2.05, 4.69) is 4.90 Å². The average molecular weight is 215 g/mol. The monoisotopic (exact) mass is 215 g/mol. The molecule has 0 amide bonds. The Morgan fingerprint density at radius 2 is 2.07 bits per heavy atom. The largest absolute Gasteiger partial charge is 0.389 e. The fraction of sp³-hybridized carbons (Fsp3) is 1.00.